The minimum Gasteiger partial charge on any atom is -0.326 e. The van der Waals surface area contributed by atoms with Gasteiger partial charge in [0.1, 0.15) is 0 Å². The molecule has 0 amide bonds. The predicted octanol–water partition coefficient (Wildman–Crippen LogP) is 1.61. The number of hydrogen-bond donors (Lipinski definition) is 2. The maximum atomic E-state index is 12.1. The third-order valence-electron chi connectivity index (χ3n) is 3.48. The molecule has 3 N–H and O–H groups in total. The molecule has 2 rings (SSSR count). The highest BCUT2D eigenvalue weighted by Gasteiger charge is 2.19. The fourth-order valence-electron chi connectivity index (χ4n) is 2.36. The Morgan fingerprint density at radius 3 is 2.67 bits per heavy atom. The van der Waals surface area contributed by atoms with Crippen LogP contribution < -0.4 is 10.5 Å². The Balaban J connectivity index is 2.04. The first-order chi connectivity index (χ1) is 8.62. The first-order valence-electron chi connectivity index (χ1n) is 6.40. The van der Waals surface area contributed by atoms with Gasteiger partial charge in [-0.05, 0) is 36.5 Å². The molecule has 0 aliphatic heterocycles. The Morgan fingerprint density at radius 1 is 1.28 bits per heavy atom. The average Bonchev–Trinajstić information content (AvgIpc) is 2.90. The lowest BCUT2D eigenvalue weighted by molar-refractivity contribution is 0.519. The average molecular weight is 268 g/mol. The lowest BCUT2D eigenvalue weighted by Crippen LogP contribution is -2.28. The molecule has 0 radical (unpaired) electrons. The van der Waals surface area contributed by atoms with E-state index in [1.54, 1.807) is 18.2 Å². The summed E-state index contributed by atoms with van der Waals surface area (Å²) < 4.78 is 26.9. The molecule has 1 saturated carbocycles. The number of nitrogens with one attached hydrogen (secondary N) is 1. The summed E-state index contributed by atoms with van der Waals surface area (Å²) in [5.74, 6) is 0.498. The highest BCUT2D eigenvalue weighted by molar-refractivity contribution is 7.89. The van der Waals surface area contributed by atoms with Crippen LogP contribution in [0.25, 0.3) is 0 Å². The molecule has 0 bridgehead atoms. The molecule has 100 valence electrons. The number of sulfonamides is 1. The molecule has 0 unspecified atom stereocenters. The van der Waals surface area contributed by atoms with Gasteiger partial charge in [0.25, 0.3) is 0 Å². The zero-order valence-electron chi connectivity index (χ0n) is 10.4. The van der Waals surface area contributed by atoms with E-state index < -0.39 is 10.0 Å². The largest absolute Gasteiger partial charge is 0.326 e. The number of hydrogen-bond acceptors (Lipinski definition) is 3. The second-order valence-corrected chi connectivity index (χ2v) is 6.62. The van der Waals surface area contributed by atoms with Crippen molar-refractivity contribution in [3.63, 3.8) is 0 Å². The zero-order valence-corrected chi connectivity index (χ0v) is 11.2. The minimum atomic E-state index is -3.39. The van der Waals surface area contributed by atoms with Crippen LogP contribution >= 0.6 is 0 Å². The molecule has 1 aliphatic carbocycles. The van der Waals surface area contributed by atoms with Crippen LogP contribution in [0.5, 0.6) is 0 Å². The van der Waals surface area contributed by atoms with Gasteiger partial charge in [-0.25, -0.2) is 13.1 Å². The summed E-state index contributed by atoms with van der Waals surface area (Å²) in [5.41, 5.74) is 6.35. The van der Waals surface area contributed by atoms with Gasteiger partial charge in [-0.2, -0.15) is 0 Å². The normalized spacial score (nSPS) is 17.2. The molecule has 0 saturated heterocycles. The van der Waals surface area contributed by atoms with Crippen LogP contribution in [0.1, 0.15) is 31.2 Å². The van der Waals surface area contributed by atoms with Crippen LogP contribution in [0.4, 0.5) is 0 Å². The Hall–Kier alpha value is -0.910. The van der Waals surface area contributed by atoms with E-state index >= 15 is 0 Å². The molecule has 1 aliphatic rings. The maximum Gasteiger partial charge on any atom is 0.240 e. The highest BCUT2D eigenvalue weighted by Crippen LogP contribution is 2.24. The first-order valence-corrected chi connectivity index (χ1v) is 7.89. The van der Waals surface area contributed by atoms with Crippen molar-refractivity contribution < 1.29 is 8.42 Å². The highest BCUT2D eigenvalue weighted by atomic mass is 32.2. The lowest BCUT2D eigenvalue weighted by atomic mass is 10.1. The molecule has 1 aromatic carbocycles. The van der Waals surface area contributed by atoms with Crippen molar-refractivity contribution in [3.8, 4) is 0 Å². The van der Waals surface area contributed by atoms with E-state index in [-0.39, 0.29) is 0 Å². The lowest BCUT2D eigenvalue weighted by Gasteiger charge is -2.11. The predicted molar refractivity (Wildman–Crippen MR) is 71.5 cm³/mol. The van der Waals surface area contributed by atoms with Crippen molar-refractivity contribution in [1.29, 1.82) is 0 Å². The first kappa shape index (κ1) is 13.5. The molecular formula is C13H20N2O2S. The van der Waals surface area contributed by atoms with E-state index in [0.29, 0.717) is 23.9 Å². The summed E-state index contributed by atoms with van der Waals surface area (Å²) in [6.45, 7) is 0.904. The summed E-state index contributed by atoms with van der Waals surface area (Å²) in [6.07, 6.45) is 4.70. The van der Waals surface area contributed by atoms with E-state index in [0.717, 1.165) is 18.4 Å². The van der Waals surface area contributed by atoms with Crippen molar-refractivity contribution in [3.05, 3.63) is 29.8 Å². The molecule has 4 nitrogen and oxygen atoms in total. The summed E-state index contributed by atoms with van der Waals surface area (Å²) >= 11 is 0. The zero-order chi connectivity index (χ0) is 13.0. The number of nitrogens with two attached hydrogens (primary N) is 1. The van der Waals surface area contributed by atoms with E-state index in [2.05, 4.69) is 4.72 Å². The molecule has 0 heterocycles. The second kappa shape index (κ2) is 5.82. The SMILES string of the molecule is NCc1cccc(S(=O)(=O)NCC2CCCC2)c1. The quantitative estimate of drug-likeness (QED) is 0.852. The molecule has 0 aromatic heterocycles. The third kappa shape index (κ3) is 3.31. The van der Waals surface area contributed by atoms with Crippen molar-refractivity contribution >= 4 is 10.0 Å². The Morgan fingerprint density at radius 2 is 2.00 bits per heavy atom. The van der Waals surface area contributed by atoms with Crippen LogP contribution in [0, 0.1) is 5.92 Å². The van der Waals surface area contributed by atoms with Crippen LogP contribution in [0.15, 0.2) is 29.2 Å². The van der Waals surface area contributed by atoms with Crippen LogP contribution in [0.3, 0.4) is 0 Å². The van der Waals surface area contributed by atoms with Gasteiger partial charge in [-0.3, -0.25) is 0 Å². The van der Waals surface area contributed by atoms with Crippen LogP contribution in [0.2, 0.25) is 0 Å². The Bertz CT molecular complexity index is 493. The molecule has 5 heteroatoms. The summed E-state index contributed by atoms with van der Waals surface area (Å²) in [5, 5.41) is 0. The van der Waals surface area contributed by atoms with E-state index in [4.69, 9.17) is 5.73 Å². The van der Waals surface area contributed by atoms with E-state index in [1.807, 2.05) is 6.07 Å². The standard InChI is InChI=1S/C13H20N2O2S/c14-9-12-6-3-7-13(8-12)18(16,17)15-10-11-4-1-2-5-11/h3,6-8,11,15H,1-2,4-5,9-10,14H2. The van der Waals surface area contributed by atoms with Gasteiger partial charge in [-0.1, -0.05) is 25.0 Å². The minimum absolute atomic E-state index is 0.309. The molecule has 1 fully saturated rings. The van der Waals surface area contributed by atoms with Gasteiger partial charge in [-0.15, -0.1) is 0 Å². The molecular weight excluding hydrogens is 248 g/mol. The van der Waals surface area contributed by atoms with Crippen molar-refractivity contribution in [2.24, 2.45) is 11.7 Å². The summed E-state index contributed by atoms with van der Waals surface area (Å²) in [7, 11) is -3.39. The van der Waals surface area contributed by atoms with Gasteiger partial charge >= 0.3 is 0 Å². The molecule has 18 heavy (non-hydrogen) atoms. The fraction of sp³-hybridized carbons (Fsp3) is 0.538. The Kier molecular flexibility index (Phi) is 4.37. The maximum absolute atomic E-state index is 12.1. The topological polar surface area (TPSA) is 72.2 Å². The number of rotatable bonds is 5. The second-order valence-electron chi connectivity index (χ2n) is 4.85. The van der Waals surface area contributed by atoms with E-state index in [1.165, 1.54) is 12.8 Å². The van der Waals surface area contributed by atoms with E-state index in [9.17, 15) is 8.42 Å². The van der Waals surface area contributed by atoms with Crippen LogP contribution in [-0.2, 0) is 16.6 Å². The molecule has 0 spiro atoms. The molecule has 0 atom stereocenters. The Labute approximate surface area is 109 Å². The third-order valence-corrected chi connectivity index (χ3v) is 4.90. The van der Waals surface area contributed by atoms with Gasteiger partial charge in [0.05, 0.1) is 4.90 Å². The van der Waals surface area contributed by atoms with Crippen molar-refractivity contribution in [2.45, 2.75) is 37.1 Å². The summed E-state index contributed by atoms with van der Waals surface area (Å²) in [6, 6.07) is 6.80. The van der Waals surface area contributed by atoms with Gasteiger partial charge in [0.15, 0.2) is 0 Å². The van der Waals surface area contributed by atoms with Crippen molar-refractivity contribution in [2.75, 3.05) is 6.54 Å². The van der Waals surface area contributed by atoms with Crippen LogP contribution in [-0.4, -0.2) is 15.0 Å². The smallest absolute Gasteiger partial charge is 0.240 e. The van der Waals surface area contributed by atoms with Gasteiger partial charge < -0.3 is 5.73 Å². The van der Waals surface area contributed by atoms with Gasteiger partial charge in [0.2, 0.25) is 10.0 Å². The number of benzene rings is 1. The fourth-order valence-corrected chi connectivity index (χ4v) is 3.55. The van der Waals surface area contributed by atoms with Crippen molar-refractivity contribution in [1.82, 2.24) is 4.72 Å². The summed E-state index contributed by atoms with van der Waals surface area (Å²) in [4.78, 5) is 0.309. The monoisotopic (exact) mass is 268 g/mol. The van der Waals surface area contributed by atoms with Gasteiger partial charge in [0, 0.05) is 13.1 Å². The molecule has 1 aromatic rings.